The SMILES string of the molecule is C=CC(=O)OCCCCCCOc1ccc(C(=O)Oc2ccc(CCCCCC)cc2)cc1. The molecular weight excluding hydrogens is 416 g/mol. The molecule has 0 radical (unpaired) electrons. The van der Waals surface area contributed by atoms with Crippen LogP contribution in [0.1, 0.15) is 74.2 Å². The Bertz CT molecular complexity index is 840. The number of aryl methyl sites for hydroxylation is 1. The summed E-state index contributed by atoms with van der Waals surface area (Å²) in [5.41, 5.74) is 1.75. The Labute approximate surface area is 197 Å². The number of carbonyl (C=O) groups is 2. The highest BCUT2D eigenvalue weighted by molar-refractivity contribution is 5.91. The summed E-state index contributed by atoms with van der Waals surface area (Å²) < 4.78 is 16.2. The van der Waals surface area contributed by atoms with Gasteiger partial charge < -0.3 is 14.2 Å². The molecule has 33 heavy (non-hydrogen) atoms. The molecular formula is C28H36O5. The van der Waals surface area contributed by atoms with Crippen LogP contribution in [0.2, 0.25) is 0 Å². The van der Waals surface area contributed by atoms with E-state index in [1.165, 1.54) is 37.3 Å². The molecule has 5 nitrogen and oxygen atoms in total. The van der Waals surface area contributed by atoms with Gasteiger partial charge in [0.2, 0.25) is 0 Å². The lowest BCUT2D eigenvalue weighted by Crippen LogP contribution is -2.08. The molecule has 0 spiro atoms. The number of unbranched alkanes of at least 4 members (excludes halogenated alkanes) is 6. The molecule has 0 heterocycles. The van der Waals surface area contributed by atoms with E-state index in [1.54, 1.807) is 24.3 Å². The van der Waals surface area contributed by atoms with Gasteiger partial charge in [-0.3, -0.25) is 0 Å². The summed E-state index contributed by atoms with van der Waals surface area (Å²) in [5, 5.41) is 0. The third-order valence-corrected chi connectivity index (χ3v) is 5.26. The third kappa shape index (κ3) is 10.9. The van der Waals surface area contributed by atoms with Crippen molar-refractivity contribution in [2.75, 3.05) is 13.2 Å². The third-order valence-electron chi connectivity index (χ3n) is 5.26. The number of esters is 2. The van der Waals surface area contributed by atoms with Crippen LogP contribution in [-0.4, -0.2) is 25.2 Å². The van der Waals surface area contributed by atoms with Crippen molar-refractivity contribution in [1.82, 2.24) is 0 Å². The van der Waals surface area contributed by atoms with Crippen molar-refractivity contribution in [3.05, 3.63) is 72.3 Å². The lowest BCUT2D eigenvalue weighted by molar-refractivity contribution is -0.137. The molecule has 5 heteroatoms. The fraction of sp³-hybridized carbons (Fsp3) is 0.429. The van der Waals surface area contributed by atoms with E-state index in [4.69, 9.17) is 14.2 Å². The smallest absolute Gasteiger partial charge is 0.343 e. The molecule has 0 aliphatic heterocycles. The molecule has 0 unspecified atom stereocenters. The first-order valence-electron chi connectivity index (χ1n) is 12.0. The average Bonchev–Trinajstić information content (AvgIpc) is 2.84. The predicted molar refractivity (Wildman–Crippen MR) is 131 cm³/mol. The van der Waals surface area contributed by atoms with E-state index in [1.807, 2.05) is 24.3 Å². The highest BCUT2D eigenvalue weighted by Gasteiger charge is 2.09. The van der Waals surface area contributed by atoms with E-state index in [0.29, 0.717) is 24.5 Å². The van der Waals surface area contributed by atoms with Gasteiger partial charge in [0, 0.05) is 6.08 Å². The van der Waals surface area contributed by atoms with Gasteiger partial charge in [0.05, 0.1) is 18.8 Å². The van der Waals surface area contributed by atoms with Crippen LogP contribution in [0.5, 0.6) is 11.5 Å². The molecule has 0 amide bonds. The summed E-state index contributed by atoms with van der Waals surface area (Å²) in [6.07, 6.45) is 10.9. The summed E-state index contributed by atoms with van der Waals surface area (Å²) in [5.74, 6) is 0.516. The zero-order chi connectivity index (χ0) is 23.7. The molecule has 2 aromatic rings. The Kier molecular flexibility index (Phi) is 12.4. The molecule has 0 aliphatic rings. The van der Waals surface area contributed by atoms with E-state index in [-0.39, 0.29) is 11.9 Å². The maximum Gasteiger partial charge on any atom is 0.343 e. The molecule has 0 fully saturated rings. The monoisotopic (exact) mass is 452 g/mol. The van der Waals surface area contributed by atoms with Crippen molar-refractivity contribution >= 4 is 11.9 Å². The number of hydrogen-bond acceptors (Lipinski definition) is 5. The number of benzene rings is 2. The van der Waals surface area contributed by atoms with Gasteiger partial charge >= 0.3 is 11.9 Å². The molecule has 2 rings (SSSR count). The van der Waals surface area contributed by atoms with Crippen LogP contribution < -0.4 is 9.47 Å². The van der Waals surface area contributed by atoms with Gasteiger partial charge in [0.15, 0.2) is 0 Å². The van der Waals surface area contributed by atoms with Gasteiger partial charge in [0.25, 0.3) is 0 Å². The highest BCUT2D eigenvalue weighted by atomic mass is 16.5. The Hall–Kier alpha value is -3.08. The van der Waals surface area contributed by atoms with Gasteiger partial charge in [-0.25, -0.2) is 9.59 Å². The lowest BCUT2D eigenvalue weighted by Gasteiger charge is -2.08. The first-order valence-corrected chi connectivity index (χ1v) is 12.0. The van der Waals surface area contributed by atoms with Crippen molar-refractivity contribution in [2.45, 2.75) is 64.7 Å². The first kappa shape index (κ1) is 26.2. The summed E-state index contributed by atoms with van der Waals surface area (Å²) in [6.45, 7) is 6.59. The summed E-state index contributed by atoms with van der Waals surface area (Å²) in [6, 6.07) is 14.8. The number of ether oxygens (including phenoxy) is 3. The van der Waals surface area contributed by atoms with Crippen LogP contribution >= 0.6 is 0 Å². The minimum Gasteiger partial charge on any atom is -0.494 e. The second-order valence-corrected chi connectivity index (χ2v) is 8.00. The van der Waals surface area contributed by atoms with Crippen LogP contribution in [0.4, 0.5) is 0 Å². The minimum atomic E-state index is -0.380. The number of carbonyl (C=O) groups excluding carboxylic acids is 2. The normalized spacial score (nSPS) is 10.5. The Balaban J connectivity index is 1.65. The zero-order valence-electron chi connectivity index (χ0n) is 19.7. The highest BCUT2D eigenvalue weighted by Crippen LogP contribution is 2.18. The van der Waals surface area contributed by atoms with E-state index in [0.717, 1.165) is 37.9 Å². The van der Waals surface area contributed by atoms with Crippen LogP contribution in [0, 0.1) is 0 Å². The Morgan fingerprint density at radius 1 is 0.788 bits per heavy atom. The summed E-state index contributed by atoms with van der Waals surface area (Å²) >= 11 is 0. The second-order valence-electron chi connectivity index (χ2n) is 8.00. The molecule has 2 aromatic carbocycles. The number of rotatable bonds is 16. The summed E-state index contributed by atoms with van der Waals surface area (Å²) in [7, 11) is 0. The molecule has 0 aliphatic carbocycles. The van der Waals surface area contributed by atoms with Crippen molar-refractivity contribution in [3.8, 4) is 11.5 Å². The fourth-order valence-corrected chi connectivity index (χ4v) is 3.31. The summed E-state index contributed by atoms with van der Waals surface area (Å²) in [4.78, 5) is 23.3. The molecule has 0 N–H and O–H groups in total. The van der Waals surface area contributed by atoms with E-state index in [2.05, 4.69) is 13.5 Å². The Morgan fingerprint density at radius 2 is 1.42 bits per heavy atom. The van der Waals surface area contributed by atoms with Crippen LogP contribution in [-0.2, 0) is 16.0 Å². The van der Waals surface area contributed by atoms with E-state index in [9.17, 15) is 9.59 Å². The van der Waals surface area contributed by atoms with Crippen molar-refractivity contribution in [2.24, 2.45) is 0 Å². The quantitative estimate of drug-likeness (QED) is 0.123. The average molecular weight is 453 g/mol. The molecule has 0 bridgehead atoms. The molecule has 0 atom stereocenters. The van der Waals surface area contributed by atoms with Gasteiger partial charge in [-0.2, -0.15) is 0 Å². The molecule has 0 saturated heterocycles. The van der Waals surface area contributed by atoms with Crippen molar-refractivity contribution in [3.63, 3.8) is 0 Å². The van der Waals surface area contributed by atoms with Gasteiger partial charge in [-0.15, -0.1) is 0 Å². The van der Waals surface area contributed by atoms with E-state index < -0.39 is 0 Å². The van der Waals surface area contributed by atoms with Crippen molar-refractivity contribution < 1.29 is 23.8 Å². The zero-order valence-corrected chi connectivity index (χ0v) is 19.7. The van der Waals surface area contributed by atoms with Crippen LogP contribution in [0.25, 0.3) is 0 Å². The molecule has 0 aromatic heterocycles. The van der Waals surface area contributed by atoms with Gasteiger partial charge in [0.1, 0.15) is 11.5 Å². The van der Waals surface area contributed by atoms with Gasteiger partial charge in [-0.1, -0.05) is 44.9 Å². The van der Waals surface area contributed by atoms with Crippen molar-refractivity contribution in [1.29, 1.82) is 0 Å². The van der Waals surface area contributed by atoms with Crippen LogP contribution in [0.3, 0.4) is 0 Å². The minimum absolute atomic E-state index is 0.378. The Morgan fingerprint density at radius 3 is 2.09 bits per heavy atom. The van der Waals surface area contributed by atoms with Gasteiger partial charge in [-0.05, 0) is 80.5 Å². The maximum absolute atomic E-state index is 12.4. The largest absolute Gasteiger partial charge is 0.494 e. The van der Waals surface area contributed by atoms with Crippen LogP contribution in [0.15, 0.2) is 61.2 Å². The van der Waals surface area contributed by atoms with E-state index >= 15 is 0 Å². The molecule has 0 saturated carbocycles. The topological polar surface area (TPSA) is 61.8 Å². The first-order chi connectivity index (χ1) is 16.1. The maximum atomic E-state index is 12.4. The fourth-order valence-electron chi connectivity index (χ4n) is 3.31. The molecule has 178 valence electrons. The predicted octanol–water partition coefficient (Wildman–Crippen LogP) is 6.70. The number of hydrogen-bond donors (Lipinski definition) is 0. The second kappa shape index (κ2) is 15.7. The standard InChI is InChI=1S/C28H36O5/c1-3-5-6-9-12-23-13-17-26(18-14-23)33-28(30)24-15-19-25(20-16-24)31-21-10-7-8-11-22-32-27(29)4-2/h4,13-20H,2-3,5-12,21-22H2,1H3. The lowest BCUT2D eigenvalue weighted by atomic mass is 10.1.